The number of ketones is 4. The molecular weight excluding hydrogens is 608 g/mol. The van der Waals surface area contributed by atoms with Gasteiger partial charge < -0.3 is 18.9 Å². The Balaban J connectivity index is 1.73. The Hall–Kier alpha value is -5.24. The second-order valence-corrected chi connectivity index (χ2v) is 11.8. The Morgan fingerprint density at radius 2 is 0.688 bits per heavy atom. The lowest BCUT2D eigenvalue weighted by Gasteiger charge is -2.28. The summed E-state index contributed by atoms with van der Waals surface area (Å²) in [5.41, 5.74) is 2.38. The molecule has 246 valence electrons. The first kappa shape index (κ1) is 32.7. The van der Waals surface area contributed by atoms with Crippen LogP contribution in [0.5, 0.6) is 23.0 Å². The molecule has 4 aromatic rings. The lowest BCUT2D eigenvalue weighted by Crippen LogP contribution is -2.25. The van der Waals surface area contributed by atoms with E-state index in [4.69, 9.17) is 18.9 Å². The van der Waals surface area contributed by atoms with Crippen molar-refractivity contribution in [3.8, 4) is 34.1 Å². The molecule has 0 fully saturated rings. The van der Waals surface area contributed by atoms with Gasteiger partial charge in [-0.15, -0.1) is 0 Å². The fraction of sp³-hybridized carbons (Fsp3) is 0.300. The van der Waals surface area contributed by atoms with E-state index in [2.05, 4.69) is 0 Å². The molecule has 0 aromatic heterocycles. The molecule has 4 aromatic carbocycles. The Morgan fingerprint density at radius 1 is 0.396 bits per heavy atom. The maximum absolute atomic E-state index is 14.3. The third-order valence-electron chi connectivity index (χ3n) is 8.34. The van der Waals surface area contributed by atoms with Gasteiger partial charge in [-0.25, -0.2) is 0 Å². The number of hydrogen-bond donors (Lipinski definition) is 0. The van der Waals surface area contributed by atoms with Gasteiger partial charge in [-0.05, 0) is 37.8 Å². The zero-order chi connectivity index (χ0) is 33.9. The molecule has 0 N–H and O–H groups in total. The van der Waals surface area contributed by atoms with Gasteiger partial charge >= 0.3 is 0 Å². The van der Waals surface area contributed by atoms with Crippen molar-refractivity contribution in [1.82, 2.24) is 0 Å². The maximum Gasteiger partial charge on any atom is 0.198 e. The van der Waals surface area contributed by atoms with E-state index in [0.29, 0.717) is 61.2 Å². The van der Waals surface area contributed by atoms with Crippen molar-refractivity contribution >= 4 is 23.1 Å². The minimum atomic E-state index is -0.369. The summed E-state index contributed by atoms with van der Waals surface area (Å²) >= 11 is 0. The van der Waals surface area contributed by atoms with Crippen molar-refractivity contribution in [2.75, 3.05) is 26.4 Å². The number of carbonyl (C=O) groups excluding carboxylic acids is 4. The zero-order valence-corrected chi connectivity index (χ0v) is 27.7. The van der Waals surface area contributed by atoms with Crippen LogP contribution in [0.15, 0.2) is 60.7 Å². The number of carbonyl (C=O) groups is 4. The minimum absolute atomic E-state index is 0.0960. The largest absolute Gasteiger partial charge is 0.493 e. The summed E-state index contributed by atoms with van der Waals surface area (Å²) in [6.45, 7) is 8.87. The monoisotopic (exact) mass is 646 g/mol. The third kappa shape index (κ3) is 5.45. The predicted molar refractivity (Wildman–Crippen MR) is 182 cm³/mol. The fourth-order valence-electron chi connectivity index (χ4n) is 6.22. The van der Waals surface area contributed by atoms with Crippen LogP contribution in [-0.2, 0) is 0 Å². The minimum Gasteiger partial charge on any atom is -0.493 e. The molecule has 0 saturated heterocycles. The van der Waals surface area contributed by atoms with Gasteiger partial charge in [0.1, 0.15) is 23.0 Å². The zero-order valence-electron chi connectivity index (χ0n) is 27.7. The van der Waals surface area contributed by atoms with E-state index in [1.165, 1.54) is 0 Å². The van der Waals surface area contributed by atoms with E-state index in [-0.39, 0.29) is 92.7 Å². The molecule has 8 nitrogen and oxygen atoms in total. The van der Waals surface area contributed by atoms with Crippen LogP contribution < -0.4 is 18.9 Å². The van der Waals surface area contributed by atoms with Gasteiger partial charge in [0, 0.05) is 33.4 Å². The summed E-state index contributed by atoms with van der Waals surface area (Å²) in [6, 6.07) is 16.8. The second-order valence-electron chi connectivity index (χ2n) is 11.8. The number of hydrogen-bond acceptors (Lipinski definition) is 8. The van der Waals surface area contributed by atoms with Crippen LogP contribution in [0.25, 0.3) is 11.1 Å². The normalized spacial score (nSPS) is 13.0. The van der Waals surface area contributed by atoms with Crippen LogP contribution in [0.4, 0.5) is 0 Å². The van der Waals surface area contributed by atoms with Crippen LogP contribution in [-0.4, -0.2) is 49.6 Å². The molecule has 0 bridgehead atoms. The first-order chi connectivity index (χ1) is 23.4. The molecule has 48 heavy (non-hydrogen) atoms. The summed E-state index contributed by atoms with van der Waals surface area (Å²) in [6.07, 6.45) is 2.56. The summed E-state index contributed by atoms with van der Waals surface area (Å²) in [4.78, 5) is 56.8. The molecule has 0 atom stereocenters. The molecule has 0 aliphatic heterocycles. The van der Waals surface area contributed by atoms with E-state index < -0.39 is 0 Å². The van der Waals surface area contributed by atoms with Crippen LogP contribution in [0.3, 0.4) is 0 Å². The van der Waals surface area contributed by atoms with Gasteiger partial charge in [-0.3, -0.25) is 19.2 Å². The molecule has 0 saturated carbocycles. The molecule has 2 aliphatic carbocycles. The standard InChI is InChI=1S/C40H38O8/c1-5-17-45-29-21-27(39(47-19-7-3)33-31(29)35(41)23-13-9-11-15-25(23)37(33)43)28-22-30(46-18-6-2)32-34(40(28)48-20-8-4)38(44)26-16-12-10-14-24(26)36(32)42/h9-16,21-22H,5-8,17-20H2,1-4H3. The van der Waals surface area contributed by atoms with Crippen molar-refractivity contribution in [2.45, 2.75) is 53.4 Å². The lowest BCUT2D eigenvalue weighted by atomic mass is 9.79. The SMILES string of the molecule is CCCOc1cc(-c2cc(OCCC)c3c(c2OCCC)C(=O)c2ccccc2C3=O)c(OCCC)c2c1C(=O)c1ccccc1C2=O. The average molecular weight is 647 g/mol. The van der Waals surface area contributed by atoms with Crippen molar-refractivity contribution in [3.05, 3.63) is 105 Å². The molecular formula is C40H38O8. The topological polar surface area (TPSA) is 105 Å². The molecule has 0 radical (unpaired) electrons. The van der Waals surface area contributed by atoms with Gasteiger partial charge in [0.2, 0.25) is 0 Å². The second kappa shape index (κ2) is 13.9. The van der Waals surface area contributed by atoms with E-state index in [0.717, 1.165) is 0 Å². The summed E-state index contributed by atoms with van der Waals surface area (Å²) in [5, 5.41) is 0. The van der Waals surface area contributed by atoms with Gasteiger partial charge in [0.15, 0.2) is 23.1 Å². The molecule has 0 amide bonds. The number of rotatable bonds is 13. The highest BCUT2D eigenvalue weighted by atomic mass is 16.5. The van der Waals surface area contributed by atoms with Gasteiger partial charge in [0.05, 0.1) is 48.7 Å². The highest BCUT2D eigenvalue weighted by Crippen LogP contribution is 2.51. The number of benzene rings is 4. The van der Waals surface area contributed by atoms with Gasteiger partial charge in [-0.2, -0.15) is 0 Å². The predicted octanol–water partition coefficient (Wildman–Crippen LogP) is 8.06. The average Bonchev–Trinajstić information content (AvgIpc) is 3.11. The van der Waals surface area contributed by atoms with Crippen LogP contribution in [0, 0.1) is 0 Å². The molecule has 0 heterocycles. The first-order valence-electron chi connectivity index (χ1n) is 16.7. The number of ether oxygens (including phenoxy) is 4. The molecule has 0 spiro atoms. The Labute approximate surface area is 280 Å². The Morgan fingerprint density at radius 3 is 1.00 bits per heavy atom. The Bertz CT molecular complexity index is 1810. The van der Waals surface area contributed by atoms with E-state index >= 15 is 0 Å². The lowest BCUT2D eigenvalue weighted by molar-refractivity contribution is 0.0971. The highest BCUT2D eigenvalue weighted by Gasteiger charge is 2.40. The summed E-state index contributed by atoms with van der Waals surface area (Å²) < 4.78 is 25.2. The molecule has 0 unspecified atom stereocenters. The molecule has 2 aliphatic rings. The maximum atomic E-state index is 14.3. The highest BCUT2D eigenvalue weighted by molar-refractivity contribution is 6.32. The quantitative estimate of drug-likeness (QED) is 0.124. The summed E-state index contributed by atoms with van der Waals surface area (Å²) in [5.74, 6) is -0.601. The van der Waals surface area contributed by atoms with Gasteiger partial charge in [-0.1, -0.05) is 76.2 Å². The van der Waals surface area contributed by atoms with Crippen LogP contribution in [0.1, 0.15) is 117 Å². The fourth-order valence-corrected chi connectivity index (χ4v) is 6.22. The van der Waals surface area contributed by atoms with Crippen LogP contribution >= 0.6 is 0 Å². The first-order valence-corrected chi connectivity index (χ1v) is 16.7. The smallest absolute Gasteiger partial charge is 0.198 e. The Kier molecular flexibility index (Phi) is 9.44. The van der Waals surface area contributed by atoms with Crippen molar-refractivity contribution < 1.29 is 38.1 Å². The molecule has 6 rings (SSSR count). The van der Waals surface area contributed by atoms with E-state index in [1.54, 1.807) is 60.7 Å². The van der Waals surface area contributed by atoms with E-state index in [9.17, 15) is 19.2 Å². The van der Waals surface area contributed by atoms with E-state index in [1.807, 2.05) is 27.7 Å². The number of fused-ring (bicyclic) bond motifs is 4. The van der Waals surface area contributed by atoms with Crippen molar-refractivity contribution in [1.29, 1.82) is 0 Å². The summed E-state index contributed by atoms with van der Waals surface area (Å²) in [7, 11) is 0. The third-order valence-corrected chi connectivity index (χ3v) is 8.34. The van der Waals surface area contributed by atoms with Crippen molar-refractivity contribution in [3.63, 3.8) is 0 Å². The van der Waals surface area contributed by atoms with Crippen LogP contribution in [0.2, 0.25) is 0 Å². The van der Waals surface area contributed by atoms with Gasteiger partial charge in [0.25, 0.3) is 0 Å². The molecule has 8 heteroatoms. The van der Waals surface area contributed by atoms with Crippen molar-refractivity contribution in [2.24, 2.45) is 0 Å².